The maximum atomic E-state index is 14.0. The molecule has 1 N–H and O–H groups in total. The van der Waals surface area contributed by atoms with E-state index in [1.54, 1.807) is 17.1 Å². The van der Waals surface area contributed by atoms with Gasteiger partial charge in [-0.3, -0.25) is 14.4 Å². The van der Waals surface area contributed by atoms with Gasteiger partial charge < -0.3 is 24.4 Å². The SMILES string of the molecule is C=CCCCOC(=O)[C@@H]1[C@H]2C(=O)N([C@@H](CC)CO)C(C(=O)N(CC=C)CCCC)C23CC[C@H]1O3. The summed E-state index contributed by atoms with van der Waals surface area (Å²) in [6, 6.07) is -1.40. The number of unbranched alkanes of at least 4 members (excludes halogenated alkanes) is 2. The Morgan fingerprint density at radius 3 is 2.71 bits per heavy atom. The number of aliphatic hydroxyl groups is 1. The normalized spacial score (nSPS) is 30.2. The van der Waals surface area contributed by atoms with Crippen LogP contribution in [-0.4, -0.2) is 82.8 Å². The molecule has 2 unspecified atom stereocenters. The first-order valence-corrected chi connectivity index (χ1v) is 12.7. The van der Waals surface area contributed by atoms with Gasteiger partial charge in [-0.05, 0) is 38.5 Å². The molecule has 3 aliphatic rings. The summed E-state index contributed by atoms with van der Waals surface area (Å²) in [5.74, 6) is -2.43. The monoisotopic (exact) mass is 476 g/mol. The topological polar surface area (TPSA) is 96.4 Å². The Morgan fingerprint density at radius 1 is 1.32 bits per heavy atom. The molecule has 8 nitrogen and oxygen atoms in total. The van der Waals surface area contributed by atoms with E-state index < -0.39 is 41.6 Å². The van der Waals surface area contributed by atoms with Crippen molar-refractivity contribution in [2.45, 2.75) is 82.6 Å². The standard InChI is InChI=1S/C26H40N2O6/c1-5-9-11-16-33-25(32)20-19-12-13-26(34-19)21(20)23(30)28(18(8-4)17-29)22(26)24(31)27(14-7-3)15-10-6-2/h5,7,18-22,29H,1,3,6,8-17H2,2,4H3/t18-,19+,20-,21-,22?,26?/m0/s1. The van der Waals surface area contributed by atoms with Crippen LogP contribution < -0.4 is 0 Å². The van der Waals surface area contributed by atoms with Crippen molar-refractivity contribution in [1.29, 1.82) is 0 Å². The average Bonchev–Trinajstić information content (AvgIpc) is 3.48. The molecule has 190 valence electrons. The van der Waals surface area contributed by atoms with Gasteiger partial charge in [0, 0.05) is 13.1 Å². The molecular formula is C26H40N2O6. The second kappa shape index (κ2) is 11.5. The van der Waals surface area contributed by atoms with E-state index >= 15 is 0 Å². The van der Waals surface area contributed by atoms with Gasteiger partial charge in [-0.1, -0.05) is 32.4 Å². The van der Waals surface area contributed by atoms with Gasteiger partial charge in [0.15, 0.2) is 0 Å². The van der Waals surface area contributed by atoms with Crippen LogP contribution in [0.15, 0.2) is 25.3 Å². The number of hydrogen-bond donors (Lipinski definition) is 1. The van der Waals surface area contributed by atoms with Crippen molar-refractivity contribution in [3.8, 4) is 0 Å². The Kier molecular flexibility index (Phi) is 8.93. The number of nitrogens with zero attached hydrogens (tertiary/aromatic N) is 2. The lowest BCUT2D eigenvalue weighted by molar-refractivity contribution is -0.156. The fourth-order valence-corrected chi connectivity index (χ4v) is 5.91. The van der Waals surface area contributed by atoms with Gasteiger partial charge in [0.1, 0.15) is 11.6 Å². The van der Waals surface area contributed by atoms with E-state index in [0.29, 0.717) is 38.8 Å². The lowest BCUT2D eigenvalue weighted by Crippen LogP contribution is -2.58. The molecule has 34 heavy (non-hydrogen) atoms. The molecule has 0 saturated carbocycles. The number of rotatable bonds is 14. The Hall–Kier alpha value is -2.19. The molecular weight excluding hydrogens is 436 g/mol. The predicted molar refractivity (Wildman–Crippen MR) is 128 cm³/mol. The van der Waals surface area contributed by atoms with Crippen LogP contribution in [0.3, 0.4) is 0 Å². The van der Waals surface area contributed by atoms with Crippen molar-refractivity contribution >= 4 is 17.8 Å². The molecule has 3 rings (SSSR count). The zero-order chi connectivity index (χ0) is 24.9. The molecule has 6 atom stereocenters. The van der Waals surface area contributed by atoms with E-state index in [1.807, 2.05) is 6.92 Å². The van der Waals surface area contributed by atoms with Crippen molar-refractivity contribution in [2.75, 3.05) is 26.3 Å². The van der Waals surface area contributed by atoms with Gasteiger partial charge >= 0.3 is 5.97 Å². The maximum Gasteiger partial charge on any atom is 0.312 e. The third kappa shape index (κ3) is 4.54. The highest BCUT2D eigenvalue weighted by molar-refractivity contribution is 5.98. The molecule has 2 bridgehead atoms. The number of aliphatic hydroxyl groups excluding tert-OH is 1. The average molecular weight is 477 g/mol. The number of hydrogen-bond acceptors (Lipinski definition) is 6. The summed E-state index contributed by atoms with van der Waals surface area (Å²) in [5, 5.41) is 10.1. The van der Waals surface area contributed by atoms with Crippen LogP contribution in [-0.2, 0) is 23.9 Å². The summed E-state index contributed by atoms with van der Waals surface area (Å²) in [4.78, 5) is 44.2. The maximum absolute atomic E-state index is 14.0. The number of carbonyl (C=O) groups is 3. The van der Waals surface area contributed by atoms with Crippen LogP contribution in [0, 0.1) is 11.8 Å². The van der Waals surface area contributed by atoms with Crippen molar-refractivity contribution in [3.05, 3.63) is 25.3 Å². The molecule has 2 amide bonds. The molecule has 3 saturated heterocycles. The lowest BCUT2D eigenvalue weighted by Gasteiger charge is -2.39. The fourth-order valence-electron chi connectivity index (χ4n) is 5.91. The van der Waals surface area contributed by atoms with Crippen molar-refractivity contribution in [1.82, 2.24) is 9.80 Å². The first-order valence-electron chi connectivity index (χ1n) is 12.7. The van der Waals surface area contributed by atoms with Gasteiger partial charge in [-0.15, -0.1) is 13.2 Å². The molecule has 0 aromatic carbocycles. The minimum absolute atomic E-state index is 0.197. The second-order valence-electron chi connectivity index (χ2n) is 9.57. The Morgan fingerprint density at radius 2 is 2.09 bits per heavy atom. The summed E-state index contributed by atoms with van der Waals surface area (Å²) in [5.41, 5.74) is -1.07. The van der Waals surface area contributed by atoms with Crippen molar-refractivity contribution in [2.24, 2.45) is 11.8 Å². The van der Waals surface area contributed by atoms with Crippen molar-refractivity contribution < 1.29 is 29.0 Å². The minimum Gasteiger partial charge on any atom is -0.465 e. The number of likely N-dealkylation sites (tertiary alicyclic amines) is 1. The summed E-state index contributed by atoms with van der Waals surface area (Å²) >= 11 is 0. The summed E-state index contributed by atoms with van der Waals surface area (Å²) in [7, 11) is 0. The predicted octanol–water partition coefficient (Wildman–Crippen LogP) is 2.46. The Labute approximate surface area is 202 Å². The molecule has 1 spiro atoms. The van der Waals surface area contributed by atoms with E-state index in [4.69, 9.17) is 9.47 Å². The van der Waals surface area contributed by atoms with Gasteiger partial charge in [0.2, 0.25) is 11.8 Å². The number of carbonyl (C=O) groups excluding carboxylic acids is 3. The molecule has 0 aliphatic carbocycles. The Balaban J connectivity index is 1.96. The first-order chi connectivity index (χ1) is 16.4. The molecule has 8 heteroatoms. The van der Waals surface area contributed by atoms with Gasteiger partial charge in [0.05, 0.1) is 37.2 Å². The van der Waals surface area contributed by atoms with E-state index in [2.05, 4.69) is 20.1 Å². The zero-order valence-corrected chi connectivity index (χ0v) is 20.6. The molecule has 0 aromatic heterocycles. The number of esters is 1. The quantitative estimate of drug-likeness (QED) is 0.235. The highest BCUT2D eigenvalue weighted by atomic mass is 16.6. The van der Waals surface area contributed by atoms with Crippen LogP contribution >= 0.6 is 0 Å². The van der Waals surface area contributed by atoms with Crippen molar-refractivity contribution in [3.63, 3.8) is 0 Å². The van der Waals surface area contributed by atoms with Gasteiger partial charge in [0.25, 0.3) is 0 Å². The zero-order valence-electron chi connectivity index (χ0n) is 20.6. The van der Waals surface area contributed by atoms with Crippen LogP contribution in [0.1, 0.15) is 58.8 Å². The summed E-state index contributed by atoms with van der Waals surface area (Å²) in [6.07, 6.45) is 7.79. The van der Waals surface area contributed by atoms with E-state index in [-0.39, 0.29) is 25.0 Å². The third-order valence-electron chi connectivity index (χ3n) is 7.56. The van der Waals surface area contributed by atoms with E-state index in [9.17, 15) is 19.5 Å². The highest BCUT2D eigenvalue weighted by Gasteiger charge is 2.75. The summed E-state index contributed by atoms with van der Waals surface area (Å²) < 4.78 is 11.9. The second-order valence-corrected chi connectivity index (χ2v) is 9.57. The lowest BCUT2D eigenvalue weighted by atomic mass is 9.70. The molecule has 3 heterocycles. The van der Waals surface area contributed by atoms with Crippen LogP contribution in [0.5, 0.6) is 0 Å². The molecule has 3 fully saturated rings. The number of amides is 2. The Bertz CT molecular complexity index is 781. The van der Waals surface area contributed by atoms with Crippen LogP contribution in [0.4, 0.5) is 0 Å². The highest BCUT2D eigenvalue weighted by Crippen LogP contribution is 2.59. The van der Waals surface area contributed by atoms with Crippen LogP contribution in [0.2, 0.25) is 0 Å². The minimum atomic E-state index is -1.07. The van der Waals surface area contributed by atoms with E-state index in [1.165, 1.54) is 4.90 Å². The largest absolute Gasteiger partial charge is 0.465 e. The molecule has 3 aliphatic heterocycles. The molecule has 0 aromatic rings. The number of fused-ring (bicyclic) bond motifs is 1. The van der Waals surface area contributed by atoms with E-state index in [0.717, 1.165) is 19.3 Å². The third-order valence-corrected chi connectivity index (χ3v) is 7.56. The smallest absolute Gasteiger partial charge is 0.312 e. The van der Waals surface area contributed by atoms with Crippen LogP contribution in [0.25, 0.3) is 0 Å². The number of allylic oxidation sites excluding steroid dienone is 1. The first kappa shape index (κ1) is 26.4. The van der Waals surface area contributed by atoms with Gasteiger partial charge in [-0.25, -0.2) is 0 Å². The number of ether oxygens (including phenoxy) is 2. The van der Waals surface area contributed by atoms with Gasteiger partial charge in [-0.2, -0.15) is 0 Å². The fraction of sp³-hybridized carbons (Fsp3) is 0.731. The summed E-state index contributed by atoms with van der Waals surface area (Å²) in [6.45, 7) is 12.3. The molecule has 0 radical (unpaired) electrons.